The van der Waals surface area contributed by atoms with Crippen LogP contribution < -0.4 is 5.32 Å². The number of amides is 1. The monoisotopic (exact) mass is 289 g/mol. The number of esters is 2. The number of nitrogens with one attached hydrogen (secondary N) is 1. The molecule has 6 nitrogen and oxygen atoms in total. The van der Waals surface area contributed by atoms with Gasteiger partial charge >= 0.3 is 11.9 Å². The lowest BCUT2D eigenvalue weighted by Crippen LogP contribution is -2.41. The van der Waals surface area contributed by atoms with Crippen molar-refractivity contribution in [2.75, 3.05) is 13.2 Å². The molecule has 0 saturated carbocycles. The highest BCUT2D eigenvalue weighted by Gasteiger charge is 2.29. The minimum atomic E-state index is -0.685. The molecular formula is C14H16BNO5. The van der Waals surface area contributed by atoms with E-state index in [1.54, 1.807) is 24.3 Å². The van der Waals surface area contributed by atoms with Crippen LogP contribution in [0.3, 0.4) is 0 Å². The Bertz CT molecular complexity index is 533. The second kappa shape index (κ2) is 6.92. The van der Waals surface area contributed by atoms with E-state index in [0.717, 1.165) is 0 Å². The molecule has 1 amide bonds. The van der Waals surface area contributed by atoms with Crippen LogP contribution in [0, 0.1) is 0 Å². The Kier molecular flexibility index (Phi) is 4.97. The number of carbonyl (C=O) groups excluding carboxylic acids is 3. The predicted molar refractivity (Wildman–Crippen MR) is 76.6 cm³/mol. The molecule has 1 aliphatic rings. The van der Waals surface area contributed by atoms with Crippen LogP contribution in [-0.4, -0.2) is 44.8 Å². The maximum Gasteiger partial charge on any atom is 0.314 e. The second-order valence-corrected chi connectivity index (χ2v) is 4.88. The van der Waals surface area contributed by atoms with E-state index in [0.29, 0.717) is 5.56 Å². The van der Waals surface area contributed by atoms with Crippen molar-refractivity contribution < 1.29 is 23.9 Å². The topological polar surface area (TPSA) is 81.7 Å². The molecule has 0 aliphatic carbocycles. The van der Waals surface area contributed by atoms with E-state index in [1.165, 1.54) is 7.85 Å². The number of hydrogen-bond acceptors (Lipinski definition) is 5. The van der Waals surface area contributed by atoms with Gasteiger partial charge in [-0.3, -0.25) is 14.4 Å². The third kappa shape index (κ3) is 4.34. The Hall–Kier alpha value is -2.31. The van der Waals surface area contributed by atoms with E-state index in [-0.39, 0.29) is 25.4 Å². The summed E-state index contributed by atoms with van der Waals surface area (Å²) in [4.78, 5) is 35.0. The van der Waals surface area contributed by atoms with Crippen molar-refractivity contribution in [3.05, 3.63) is 35.9 Å². The van der Waals surface area contributed by atoms with Crippen molar-refractivity contribution in [2.45, 2.75) is 18.4 Å². The summed E-state index contributed by atoms with van der Waals surface area (Å²) >= 11 is 0. The van der Waals surface area contributed by atoms with E-state index in [9.17, 15) is 14.4 Å². The van der Waals surface area contributed by atoms with Crippen molar-refractivity contribution in [3.8, 4) is 0 Å². The molecule has 1 fully saturated rings. The molecule has 21 heavy (non-hydrogen) atoms. The zero-order chi connectivity index (χ0) is 15.2. The zero-order valence-corrected chi connectivity index (χ0v) is 11.7. The number of cyclic esters (lactones) is 2. The summed E-state index contributed by atoms with van der Waals surface area (Å²) in [6, 6.07) is 8.42. The molecule has 1 aromatic carbocycles. The standard InChI is InChI=1S/C14H16BNO5/c15-14(19)16-10-7-20-12(17)6-11(13(18)21-8-10)9-4-2-1-3-5-9/h1-5,10-11H,6-8,15H2,(H,16,19). The van der Waals surface area contributed by atoms with Crippen molar-refractivity contribution >= 4 is 25.6 Å². The average Bonchev–Trinajstić information content (AvgIpc) is 2.53. The van der Waals surface area contributed by atoms with Crippen LogP contribution in [0.2, 0.25) is 0 Å². The highest BCUT2D eigenvalue weighted by atomic mass is 16.6. The van der Waals surface area contributed by atoms with E-state index in [4.69, 9.17) is 9.47 Å². The summed E-state index contributed by atoms with van der Waals surface area (Å²) in [6.07, 6.45) is -0.0738. The maximum atomic E-state index is 12.2. The van der Waals surface area contributed by atoms with Crippen LogP contribution in [0.1, 0.15) is 17.9 Å². The van der Waals surface area contributed by atoms with Crippen LogP contribution in [0.4, 0.5) is 4.79 Å². The third-order valence-electron chi connectivity index (χ3n) is 3.14. The summed E-state index contributed by atoms with van der Waals surface area (Å²) in [6.45, 7) is -0.0256. The summed E-state index contributed by atoms with van der Waals surface area (Å²) < 4.78 is 10.3. The fourth-order valence-corrected chi connectivity index (χ4v) is 2.14. The first kappa shape index (κ1) is 15.1. The predicted octanol–water partition coefficient (Wildman–Crippen LogP) is -0.0284. The molecule has 0 spiro atoms. The highest BCUT2D eigenvalue weighted by molar-refractivity contribution is 6.57. The lowest BCUT2D eigenvalue weighted by molar-refractivity contribution is -0.149. The van der Waals surface area contributed by atoms with Crippen molar-refractivity contribution in [2.24, 2.45) is 0 Å². The number of ether oxygens (including phenoxy) is 2. The molecule has 2 atom stereocenters. The SMILES string of the molecule is BC(=O)NC1COC(=O)CC(c2ccccc2)C(=O)OC1. The molecule has 7 heteroatoms. The van der Waals surface area contributed by atoms with Gasteiger partial charge in [-0.1, -0.05) is 30.3 Å². The number of carbonyl (C=O) groups is 3. The van der Waals surface area contributed by atoms with Gasteiger partial charge in [0.25, 0.3) is 0 Å². The van der Waals surface area contributed by atoms with E-state index < -0.39 is 23.9 Å². The van der Waals surface area contributed by atoms with Gasteiger partial charge in [0.05, 0.1) is 18.4 Å². The Morgan fingerprint density at radius 3 is 2.48 bits per heavy atom. The van der Waals surface area contributed by atoms with E-state index >= 15 is 0 Å². The van der Waals surface area contributed by atoms with Crippen LogP contribution in [0.15, 0.2) is 30.3 Å². The van der Waals surface area contributed by atoms with Gasteiger partial charge in [0.15, 0.2) is 5.81 Å². The molecule has 1 aromatic rings. The van der Waals surface area contributed by atoms with Gasteiger partial charge in [-0.2, -0.15) is 0 Å². The van der Waals surface area contributed by atoms with Crippen molar-refractivity contribution in [1.29, 1.82) is 0 Å². The molecule has 2 unspecified atom stereocenters. The Morgan fingerprint density at radius 2 is 1.81 bits per heavy atom. The van der Waals surface area contributed by atoms with Gasteiger partial charge in [-0.05, 0) is 5.56 Å². The maximum absolute atomic E-state index is 12.2. The molecule has 0 bridgehead atoms. The van der Waals surface area contributed by atoms with Crippen LogP contribution in [-0.2, 0) is 19.1 Å². The molecular weight excluding hydrogens is 273 g/mol. The molecule has 2 rings (SSSR count). The van der Waals surface area contributed by atoms with Gasteiger partial charge < -0.3 is 14.8 Å². The average molecular weight is 289 g/mol. The van der Waals surface area contributed by atoms with Gasteiger partial charge in [0.1, 0.15) is 13.2 Å². The summed E-state index contributed by atoms with van der Waals surface area (Å²) in [5, 5.41) is 2.58. The number of benzene rings is 1. The molecule has 0 aromatic heterocycles. The Morgan fingerprint density at radius 1 is 1.14 bits per heavy atom. The molecule has 1 aliphatic heterocycles. The largest absolute Gasteiger partial charge is 0.463 e. The lowest BCUT2D eigenvalue weighted by Gasteiger charge is -2.17. The Labute approximate surface area is 123 Å². The molecule has 1 N–H and O–H groups in total. The molecule has 0 radical (unpaired) electrons. The fourth-order valence-electron chi connectivity index (χ4n) is 2.14. The van der Waals surface area contributed by atoms with Crippen molar-refractivity contribution in [3.63, 3.8) is 0 Å². The first-order chi connectivity index (χ1) is 10.1. The molecule has 1 saturated heterocycles. The fraction of sp³-hybridized carbons (Fsp3) is 0.357. The first-order valence-corrected chi connectivity index (χ1v) is 6.70. The third-order valence-corrected chi connectivity index (χ3v) is 3.14. The summed E-state index contributed by atoms with van der Waals surface area (Å²) in [5.74, 6) is -1.94. The normalized spacial score (nSPS) is 23.0. The van der Waals surface area contributed by atoms with Gasteiger partial charge in [-0.25, -0.2) is 0 Å². The minimum absolute atomic E-state index is 0.00674. The Balaban J connectivity index is 2.13. The van der Waals surface area contributed by atoms with Crippen LogP contribution in [0.5, 0.6) is 0 Å². The quantitative estimate of drug-likeness (QED) is 0.611. The summed E-state index contributed by atoms with van der Waals surface area (Å²) in [5.41, 5.74) is 0.706. The minimum Gasteiger partial charge on any atom is -0.463 e. The van der Waals surface area contributed by atoms with Crippen LogP contribution in [0.25, 0.3) is 0 Å². The van der Waals surface area contributed by atoms with Crippen LogP contribution >= 0.6 is 0 Å². The number of rotatable bonds is 2. The molecule has 1 heterocycles. The second-order valence-electron chi connectivity index (χ2n) is 4.88. The smallest absolute Gasteiger partial charge is 0.314 e. The van der Waals surface area contributed by atoms with Gasteiger partial charge in [-0.15, -0.1) is 0 Å². The molecule has 110 valence electrons. The van der Waals surface area contributed by atoms with Gasteiger partial charge in [0, 0.05) is 0 Å². The highest BCUT2D eigenvalue weighted by Crippen LogP contribution is 2.23. The number of hydrogen-bond donors (Lipinski definition) is 1. The zero-order valence-electron chi connectivity index (χ0n) is 11.7. The van der Waals surface area contributed by atoms with E-state index in [2.05, 4.69) is 5.32 Å². The summed E-state index contributed by atoms with van der Waals surface area (Å²) in [7, 11) is 1.35. The van der Waals surface area contributed by atoms with Crippen molar-refractivity contribution in [1.82, 2.24) is 5.32 Å². The lowest BCUT2D eigenvalue weighted by atomic mass is 9.96. The first-order valence-electron chi connectivity index (χ1n) is 6.70. The van der Waals surface area contributed by atoms with E-state index in [1.807, 2.05) is 6.07 Å². The van der Waals surface area contributed by atoms with Gasteiger partial charge in [0.2, 0.25) is 7.85 Å².